The molecule has 2 aromatic rings. The predicted octanol–water partition coefficient (Wildman–Crippen LogP) is 1.54. The molecule has 114 valence electrons. The minimum atomic E-state index is -3.06. The number of thiophene rings is 1. The third-order valence-electron chi connectivity index (χ3n) is 3.07. The highest BCUT2D eigenvalue weighted by Crippen LogP contribution is 2.32. The zero-order valence-electron chi connectivity index (χ0n) is 11.6. The normalized spacial score (nSPS) is 11.7. The Morgan fingerprint density at radius 2 is 2.14 bits per heavy atom. The van der Waals surface area contributed by atoms with E-state index in [0.29, 0.717) is 21.6 Å². The van der Waals surface area contributed by atoms with E-state index in [1.54, 1.807) is 13.8 Å². The number of nitrogens with one attached hydrogen (secondary N) is 1. The van der Waals surface area contributed by atoms with Crippen molar-refractivity contribution in [2.45, 2.75) is 13.8 Å². The van der Waals surface area contributed by atoms with Crippen LogP contribution in [0.25, 0.3) is 10.2 Å². The summed E-state index contributed by atoms with van der Waals surface area (Å²) >= 11 is 1.08. The smallest absolute Gasteiger partial charge is 0.346 e. The number of nitrogens with zero attached hydrogens (tertiary/aromatic N) is 2. The fraction of sp³-hybridized carbons (Fsp3) is 0.417. The summed E-state index contributed by atoms with van der Waals surface area (Å²) in [6, 6.07) is 0. The Labute approximate surface area is 126 Å². The SMILES string of the molecule is CCS(=O)(=O)CCNc1ncnc2sc(C(=O)O)c(C)c12. The molecule has 2 rings (SSSR count). The molecular formula is C12H15N3O4S2. The van der Waals surface area contributed by atoms with Gasteiger partial charge in [-0.1, -0.05) is 6.92 Å². The average Bonchev–Trinajstić information content (AvgIpc) is 2.77. The number of carbonyl (C=O) groups is 1. The van der Waals surface area contributed by atoms with Crippen molar-refractivity contribution in [1.82, 2.24) is 9.97 Å². The van der Waals surface area contributed by atoms with Gasteiger partial charge in [-0.2, -0.15) is 0 Å². The Kier molecular flexibility index (Phi) is 4.43. The molecule has 0 aliphatic rings. The first-order valence-electron chi connectivity index (χ1n) is 6.27. The third-order valence-corrected chi connectivity index (χ3v) is 5.96. The average molecular weight is 329 g/mol. The van der Waals surface area contributed by atoms with E-state index in [1.807, 2.05) is 0 Å². The summed E-state index contributed by atoms with van der Waals surface area (Å²) in [5.74, 6) is -0.444. The summed E-state index contributed by atoms with van der Waals surface area (Å²) in [6.07, 6.45) is 1.33. The van der Waals surface area contributed by atoms with E-state index in [-0.39, 0.29) is 22.9 Å². The lowest BCUT2D eigenvalue weighted by atomic mass is 10.2. The highest BCUT2D eigenvalue weighted by Gasteiger charge is 2.18. The molecule has 21 heavy (non-hydrogen) atoms. The Morgan fingerprint density at radius 3 is 2.76 bits per heavy atom. The van der Waals surface area contributed by atoms with Crippen molar-refractivity contribution in [3.8, 4) is 0 Å². The molecule has 0 unspecified atom stereocenters. The first-order chi connectivity index (χ1) is 9.85. The predicted molar refractivity (Wildman–Crippen MR) is 81.9 cm³/mol. The van der Waals surface area contributed by atoms with Gasteiger partial charge in [-0.3, -0.25) is 0 Å². The Hall–Kier alpha value is -1.74. The van der Waals surface area contributed by atoms with Gasteiger partial charge in [-0.05, 0) is 12.5 Å². The minimum absolute atomic E-state index is 0.00394. The summed E-state index contributed by atoms with van der Waals surface area (Å²) in [4.78, 5) is 20.1. The first-order valence-corrected chi connectivity index (χ1v) is 8.91. The summed E-state index contributed by atoms with van der Waals surface area (Å²) in [6.45, 7) is 3.51. The van der Waals surface area contributed by atoms with Crippen LogP contribution >= 0.6 is 11.3 Å². The van der Waals surface area contributed by atoms with Crippen LogP contribution in [0, 0.1) is 6.92 Å². The molecule has 0 aliphatic heterocycles. The maximum atomic E-state index is 11.5. The molecular weight excluding hydrogens is 314 g/mol. The van der Waals surface area contributed by atoms with Gasteiger partial charge < -0.3 is 10.4 Å². The molecule has 2 N–H and O–H groups in total. The van der Waals surface area contributed by atoms with Gasteiger partial charge in [-0.25, -0.2) is 23.2 Å². The van der Waals surface area contributed by atoms with Crippen molar-refractivity contribution in [3.63, 3.8) is 0 Å². The molecule has 0 spiro atoms. The molecule has 0 fully saturated rings. The highest BCUT2D eigenvalue weighted by atomic mass is 32.2. The molecule has 0 amide bonds. The van der Waals surface area contributed by atoms with Crippen LogP contribution in [0.3, 0.4) is 0 Å². The topological polar surface area (TPSA) is 109 Å². The number of anilines is 1. The monoisotopic (exact) mass is 329 g/mol. The van der Waals surface area contributed by atoms with E-state index in [4.69, 9.17) is 5.11 Å². The van der Waals surface area contributed by atoms with E-state index in [1.165, 1.54) is 6.33 Å². The van der Waals surface area contributed by atoms with Crippen LogP contribution in [0.2, 0.25) is 0 Å². The molecule has 0 aliphatic carbocycles. The van der Waals surface area contributed by atoms with E-state index in [0.717, 1.165) is 11.3 Å². The molecule has 9 heteroatoms. The molecule has 0 radical (unpaired) electrons. The summed E-state index contributed by atoms with van der Waals surface area (Å²) in [7, 11) is -3.06. The van der Waals surface area contributed by atoms with Crippen molar-refractivity contribution in [2.75, 3.05) is 23.4 Å². The van der Waals surface area contributed by atoms with Crippen molar-refractivity contribution >= 4 is 43.2 Å². The molecule has 0 bridgehead atoms. The first kappa shape index (κ1) is 15.6. The van der Waals surface area contributed by atoms with Gasteiger partial charge in [-0.15, -0.1) is 11.3 Å². The number of sulfone groups is 1. The molecule has 0 saturated carbocycles. The number of aromatic carboxylic acids is 1. The quantitative estimate of drug-likeness (QED) is 0.827. The van der Waals surface area contributed by atoms with Gasteiger partial charge in [0.25, 0.3) is 0 Å². The summed E-state index contributed by atoms with van der Waals surface area (Å²) in [5, 5.41) is 12.7. The van der Waals surface area contributed by atoms with Gasteiger partial charge in [0.2, 0.25) is 0 Å². The Balaban J connectivity index is 2.30. The summed E-state index contributed by atoms with van der Waals surface area (Å²) < 4.78 is 22.9. The third kappa shape index (κ3) is 3.30. The lowest BCUT2D eigenvalue weighted by Gasteiger charge is -2.07. The lowest BCUT2D eigenvalue weighted by molar-refractivity contribution is 0.0701. The molecule has 7 nitrogen and oxygen atoms in total. The van der Waals surface area contributed by atoms with Crippen molar-refractivity contribution in [2.24, 2.45) is 0 Å². The molecule has 0 saturated heterocycles. The zero-order valence-corrected chi connectivity index (χ0v) is 13.2. The van der Waals surface area contributed by atoms with Gasteiger partial charge in [0, 0.05) is 12.3 Å². The van der Waals surface area contributed by atoms with Crippen molar-refractivity contribution in [3.05, 3.63) is 16.8 Å². The number of carboxylic acids is 1. The highest BCUT2D eigenvalue weighted by molar-refractivity contribution is 7.91. The molecule has 0 atom stereocenters. The second-order valence-corrected chi connectivity index (χ2v) is 7.90. The van der Waals surface area contributed by atoms with Crippen LogP contribution in [0.15, 0.2) is 6.33 Å². The molecule has 0 aromatic carbocycles. The number of carboxylic acid groups (broad SMARTS) is 1. The number of aromatic nitrogens is 2. The van der Waals surface area contributed by atoms with E-state index < -0.39 is 15.8 Å². The Bertz CT molecular complexity index is 783. The van der Waals surface area contributed by atoms with Crippen LogP contribution in [0.1, 0.15) is 22.2 Å². The second-order valence-electron chi connectivity index (χ2n) is 4.43. The summed E-state index contributed by atoms with van der Waals surface area (Å²) in [5.41, 5.74) is 0.587. The fourth-order valence-electron chi connectivity index (χ4n) is 1.88. The van der Waals surface area contributed by atoms with Gasteiger partial charge in [0.15, 0.2) is 9.84 Å². The van der Waals surface area contributed by atoms with E-state index in [9.17, 15) is 13.2 Å². The minimum Gasteiger partial charge on any atom is -0.477 e. The number of fused-ring (bicyclic) bond motifs is 1. The van der Waals surface area contributed by atoms with Crippen LogP contribution in [0.5, 0.6) is 0 Å². The molecule has 2 aromatic heterocycles. The maximum Gasteiger partial charge on any atom is 0.346 e. The Morgan fingerprint density at radius 1 is 1.43 bits per heavy atom. The van der Waals surface area contributed by atoms with Crippen molar-refractivity contribution < 1.29 is 18.3 Å². The molecule has 2 heterocycles. The van der Waals surface area contributed by atoms with Gasteiger partial charge in [0.1, 0.15) is 21.9 Å². The van der Waals surface area contributed by atoms with E-state index >= 15 is 0 Å². The van der Waals surface area contributed by atoms with Gasteiger partial charge >= 0.3 is 5.97 Å². The van der Waals surface area contributed by atoms with Crippen LogP contribution in [-0.4, -0.2) is 47.5 Å². The van der Waals surface area contributed by atoms with E-state index in [2.05, 4.69) is 15.3 Å². The largest absolute Gasteiger partial charge is 0.477 e. The lowest BCUT2D eigenvalue weighted by Crippen LogP contribution is -2.17. The second kappa shape index (κ2) is 5.94. The van der Waals surface area contributed by atoms with Crippen LogP contribution in [-0.2, 0) is 9.84 Å². The zero-order chi connectivity index (χ0) is 15.6. The van der Waals surface area contributed by atoms with Gasteiger partial charge in [0.05, 0.1) is 11.1 Å². The van der Waals surface area contributed by atoms with Crippen molar-refractivity contribution in [1.29, 1.82) is 0 Å². The maximum absolute atomic E-state index is 11.5. The number of rotatable bonds is 6. The van der Waals surface area contributed by atoms with Crippen LogP contribution in [0.4, 0.5) is 5.82 Å². The number of hydrogen-bond donors (Lipinski definition) is 2. The number of hydrogen-bond acceptors (Lipinski definition) is 7. The fourth-order valence-corrected chi connectivity index (χ4v) is 3.57. The number of aryl methyl sites for hydroxylation is 1. The van der Waals surface area contributed by atoms with Crippen LogP contribution < -0.4 is 5.32 Å². The standard InChI is InChI=1S/C12H15N3O4S2/c1-3-21(18,19)5-4-13-10-8-7(2)9(12(16)17)20-11(8)15-6-14-10/h6H,3-5H2,1-2H3,(H,16,17)(H,13,14,15).